The van der Waals surface area contributed by atoms with Gasteiger partial charge in [0, 0.05) is 24.8 Å². The first-order valence-electron chi connectivity index (χ1n) is 7.01. The normalized spacial score (nSPS) is 23.4. The quantitative estimate of drug-likeness (QED) is 0.894. The van der Waals surface area contributed by atoms with Gasteiger partial charge in [0.15, 0.2) is 0 Å². The van der Waals surface area contributed by atoms with E-state index in [1.807, 2.05) is 6.07 Å². The minimum atomic E-state index is -0.697. The summed E-state index contributed by atoms with van der Waals surface area (Å²) in [6, 6.07) is 2.03. The summed E-state index contributed by atoms with van der Waals surface area (Å²) in [7, 11) is 0. The van der Waals surface area contributed by atoms with E-state index in [9.17, 15) is 4.79 Å². The molecule has 19 heavy (non-hydrogen) atoms. The molecule has 102 valence electrons. The highest BCUT2D eigenvalue weighted by Gasteiger charge is 2.27. The number of carboxylic acids is 1. The van der Waals surface area contributed by atoms with Crippen molar-refractivity contribution in [3.05, 3.63) is 18.1 Å². The highest BCUT2D eigenvalue weighted by Crippen LogP contribution is 2.32. The molecule has 2 heterocycles. The van der Waals surface area contributed by atoms with E-state index in [2.05, 4.69) is 14.9 Å². The van der Waals surface area contributed by atoms with Gasteiger partial charge in [-0.1, -0.05) is 0 Å². The standard InChI is InChI=1S/C14H19N3O2/c18-14(19)11-2-1-5-17(8-11)13-7-12(15-9-16-13)6-10-3-4-10/h7,9-11H,1-6,8H2,(H,18,19). The van der Waals surface area contributed by atoms with Crippen LogP contribution in [0.25, 0.3) is 0 Å². The second kappa shape index (κ2) is 5.15. The summed E-state index contributed by atoms with van der Waals surface area (Å²) in [5.74, 6) is 0.722. The van der Waals surface area contributed by atoms with Crippen LogP contribution < -0.4 is 4.90 Å². The molecule has 1 aromatic heterocycles. The van der Waals surface area contributed by atoms with Crippen LogP contribution >= 0.6 is 0 Å². The van der Waals surface area contributed by atoms with Gasteiger partial charge in [-0.15, -0.1) is 0 Å². The fourth-order valence-electron chi connectivity index (χ4n) is 2.67. The molecule has 2 aliphatic rings. The van der Waals surface area contributed by atoms with Gasteiger partial charge in [-0.2, -0.15) is 0 Å². The van der Waals surface area contributed by atoms with Gasteiger partial charge in [-0.3, -0.25) is 4.79 Å². The van der Waals surface area contributed by atoms with E-state index in [-0.39, 0.29) is 5.92 Å². The van der Waals surface area contributed by atoms with Crippen molar-refractivity contribution in [1.82, 2.24) is 9.97 Å². The summed E-state index contributed by atoms with van der Waals surface area (Å²) < 4.78 is 0. The second-order valence-corrected chi connectivity index (χ2v) is 5.64. The predicted molar refractivity (Wildman–Crippen MR) is 71.0 cm³/mol. The number of anilines is 1. The van der Waals surface area contributed by atoms with Crippen molar-refractivity contribution in [2.75, 3.05) is 18.0 Å². The minimum absolute atomic E-state index is 0.268. The number of rotatable bonds is 4. The smallest absolute Gasteiger partial charge is 0.308 e. The number of aromatic nitrogens is 2. The fraction of sp³-hybridized carbons (Fsp3) is 0.643. The Morgan fingerprint density at radius 1 is 1.37 bits per heavy atom. The molecule has 1 N–H and O–H groups in total. The Kier molecular flexibility index (Phi) is 3.36. The molecule has 0 amide bonds. The van der Waals surface area contributed by atoms with Crippen LogP contribution in [0.5, 0.6) is 0 Å². The lowest BCUT2D eigenvalue weighted by Gasteiger charge is -2.31. The van der Waals surface area contributed by atoms with Crippen LogP contribution in [0, 0.1) is 11.8 Å². The van der Waals surface area contributed by atoms with Crippen LogP contribution in [-0.4, -0.2) is 34.1 Å². The summed E-state index contributed by atoms with van der Waals surface area (Å²) >= 11 is 0. The Labute approximate surface area is 112 Å². The van der Waals surface area contributed by atoms with Gasteiger partial charge in [0.25, 0.3) is 0 Å². The number of aliphatic carboxylic acids is 1. The Morgan fingerprint density at radius 3 is 2.95 bits per heavy atom. The number of carboxylic acid groups (broad SMARTS) is 1. The first-order valence-corrected chi connectivity index (χ1v) is 7.01. The monoisotopic (exact) mass is 261 g/mol. The lowest BCUT2D eigenvalue weighted by molar-refractivity contribution is -0.141. The first-order chi connectivity index (χ1) is 9.22. The first kappa shape index (κ1) is 12.4. The highest BCUT2D eigenvalue weighted by atomic mass is 16.4. The lowest BCUT2D eigenvalue weighted by atomic mass is 9.98. The van der Waals surface area contributed by atoms with E-state index in [0.29, 0.717) is 6.54 Å². The molecule has 0 radical (unpaired) electrons. The highest BCUT2D eigenvalue weighted by molar-refractivity contribution is 5.71. The van der Waals surface area contributed by atoms with Crippen molar-refractivity contribution < 1.29 is 9.90 Å². The number of carbonyl (C=O) groups is 1. The molecule has 1 saturated carbocycles. The van der Waals surface area contributed by atoms with Crippen LogP contribution in [0.1, 0.15) is 31.4 Å². The van der Waals surface area contributed by atoms with E-state index in [1.54, 1.807) is 6.33 Å². The van der Waals surface area contributed by atoms with Gasteiger partial charge in [-0.05, 0) is 38.0 Å². The van der Waals surface area contributed by atoms with E-state index >= 15 is 0 Å². The molecule has 2 fully saturated rings. The maximum atomic E-state index is 11.1. The molecule has 5 nitrogen and oxygen atoms in total. The van der Waals surface area contributed by atoms with Crippen LogP contribution in [0.15, 0.2) is 12.4 Å². The summed E-state index contributed by atoms with van der Waals surface area (Å²) in [6.45, 7) is 1.46. The lowest BCUT2D eigenvalue weighted by Crippen LogP contribution is -2.39. The van der Waals surface area contributed by atoms with Crippen LogP contribution in [0.4, 0.5) is 5.82 Å². The molecule has 5 heteroatoms. The molecular weight excluding hydrogens is 242 g/mol. The molecule has 1 saturated heterocycles. The van der Waals surface area contributed by atoms with Crippen molar-refractivity contribution in [3.8, 4) is 0 Å². The molecule has 1 aliphatic heterocycles. The minimum Gasteiger partial charge on any atom is -0.481 e. The summed E-state index contributed by atoms with van der Waals surface area (Å²) in [6.07, 6.45) is 6.95. The van der Waals surface area contributed by atoms with Gasteiger partial charge in [0.2, 0.25) is 0 Å². The Morgan fingerprint density at radius 2 is 2.21 bits per heavy atom. The van der Waals surface area contributed by atoms with Crippen LogP contribution in [0.2, 0.25) is 0 Å². The van der Waals surface area contributed by atoms with E-state index in [1.165, 1.54) is 12.8 Å². The van der Waals surface area contributed by atoms with E-state index in [4.69, 9.17) is 5.11 Å². The zero-order valence-electron chi connectivity index (χ0n) is 11.0. The molecule has 1 atom stereocenters. The maximum absolute atomic E-state index is 11.1. The molecule has 1 unspecified atom stereocenters. The van der Waals surface area contributed by atoms with E-state index < -0.39 is 5.97 Å². The van der Waals surface area contributed by atoms with Crippen molar-refractivity contribution in [2.24, 2.45) is 11.8 Å². The van der Waals surface area contributed by atoms with Crippen molar-refractivity contribution in [3.63, 3.8) is 0 Å². The molecule has 0 aromatic carbocycles. The van der Waals surface area contributed by atoms with Crippen molar-refractivity contribution in [2.45, 2.75) is 32.1 Å². The summed E-state index contributed by atoms with van der Waals surface area (Å²) in [4.78, 5) is 21.8. The molecule has 0 spiro atoms. The molecular formula is C14H19N3O2. The number of hydrogen-bond donors (Lipinski definition) is 1. The fourth-order valence-corrected chi connectivity index (χ4v) is 2.67. The Balaban J connectivity index is 1.71. The Bertz CT molecular complexity index is 474. The second-order valence-electron chi connectivity index (χ2n) is 5.64. The Hall–Kier alpha value is -1.65. The average Bonchev–Trinajstić information content (AvgIpc) is 3.23. The molecule has 0 bridgehead atoms. The maximum Gasteiger partial charge on any atom is 0.308 e. The van der Waals surface area contributed by atoms with Gasteiger partial charge in [0.1, 0.15) is 12.1 Å². The third-order valence-electron chi connectivity index (χ3n) is 4.00. The van der Waals surface area contributed by atoms with Crippen LogP contribution in [-0.2, 0) is 11.2 Å². The molecule has 1 aliphatic carbocycles. The van der Waals surface area contributed by atoms with Gasteiger partial charge in [-0.25, -0.2) is 9.97 Å². The summed E-state index contributed by atoms with van der Waals surface area (Å²) in [5.41, 5.74) is 1.09. The number of hydrogen-bond acceptors (Lipinski definition) is 4. The number of piperidine rings is 1. The third-order valence-corrected chi connectivity index (χ3v) is 4.00. The third kappa shape index (κ3) is 3.03. The van der Waals surface area contributed by atoms with E-state index in [0.717, 1.165) is 43.2 Å². The van der Waals surface area contributed by atoms with Gasteiger partial charge < -0.3 is 10.0 Å². The van der Waals surface area contributed by atoms with Gasteiger partial charge in [0.05, 0.1) is 5.92 Å². The van der Waals surface area contributed by atoms with Crippen LogP contribution in [0.3, 0.4) is 0 Å². The van der Waals surface area contributed by atoms with Gasteiger partial charge >= 0.3 is 5.97 Å². The summed E-state index contributed by atoms with van der Waals surface area (Å²) in [5, 5.41) is 9.13. The number of nitrogens with zero attached hydrogens (tertiary/aromatic N) is 3. The van der Waals surface area contributed by atoms with Crippen molar-refractivity contribution in [1.29, 1.82) is 0 Å². The topological polar surface area (TPSA) is 66.3 Å². The average molecular weight is 261 g/mol. The predicted octanol–water partition coefficient (Wildman–Crippen LogP) is 1.73. The molecule has 1 aromatic rings. The largest absolute Gasteiger partial charge is 0.481 e. The van der Waals surface area contributed by atoms with Crippen molar-refractivity contribution >= 4 is 11.8 Å². The SMILES string of the molecule is O=C(O)C1CCCN(c2cc(CC3CC3)ncn2)C1. The zero-order chi connectivity index (χ0) is 13.2. The molecule has 3 rings (SSSR count). The zero-order valence-corrected chi connectivity index (χ0v) is 11.0.